The zero-order valence-electron chi connectivity index (χ0n) is 15.8. The van der Waals surface area contributed by atoms with Gasteiger partial charge in [0.25, 0.3) is 0 Å². The number of carboxylic acids is 1. The van der Waals surface area contributed by atoms with Crippen LogP contribution >= 0.6 is 24.4 Å². The van der Waals surface area contributed by atoms with Crippen LogP contribution in [0.25, 0.3) is 0 Å². The molecule has 2 aromatic heterocycles. The molecule has 0 amide bonds. The molecule has 2 heterocycles. The second-order valence-corrected chi connectivity index (χ2v) is 8.58. The largest absolute Gasteiger partial charge is 0.480 e. The van der Waals surface area contributed by atoms with Crippen molar-refractivity contribution in [3.05, 3.63) is 54.5 Å². The molecule has 0 saturated heterocycles. The molecule has 0 aliphatic heterocycles. The van der Waals surface area contributed by atoms with Gasteiger partial charge in [-0.05, 0) is 30.7 Å². The van der Waals surface area contributed by atoms with E-state index in [-0.39, 0.29) is 0 Å². The van der Waals surface area contributed by atoms with Crippen LogP contribution in [0.4, 0.5) is 0 Å². The smallest absolute Gasteiger partial charge is 0.318 e. The van der Waals surface area contributed by atoms with E-state index in [2.05, 4.69) is 16.9 Å². The summed E-state index contributed by atoms with van der Waals surface area (Å²) in [6.07, 6.45) is 10.9. The third-order valence-corrected chi connectivity index (χ3v) is 6.76. The first-order valence-corrected chi connectivity index (χ1v) is 10.8. The number of nitrogens with zero attached hydrogens (tertiary/aromatic N) is 2. The monoisotopic (exact) mass is 404 g/mol. The maximum atomic E-state index is 12.2. The van der Waals surface area contributed by atoms with Gasteiger partial charge in [-0.1, -0.05) is 69.3 Å². The minimum atomic E-state index is -0.891. The van der Waals surface area contributed by atoms with Crippen molar-refractivity contribution < 1.29 is 9.90 Å². The van der Waals surface area contributed by atoms with Crippen LogP contribution in [0.15, 0.2) is 53.8 Å². The van der Waals surface area contributed by atoms with Crippen molar-refractivity contribution in [2.75, 3.05) is 0 Å². The van der Waals surface area contributed by atoms with E-state index in [9.17, 15) is 9.90 Å². The van der Waals surface area contributed by atoms with Gasteiger partial charge in [0.15, 0.2) is 0 Å². The third kappa shape index (κ3) is 6.54. The van der Waals surface area contributed by atoms with Gasteiger partial charge >= 0.3 is 5.97 Å². The fourth-order valence-corrected chi connectivity index (χ4v) is 4.69. The van der Waals surface area contributed by atoms with Crippen molar-refractivity contribution in [2.24, 2.45) is 0 Å². The average molecular weight is 405 g/mol. The number of aromatic nitrogens is 2. The van der Waals surface area contributed by atoms with Gasteiger partial charge in [-0.2, -0.15) is 12.6 Å². The number of hydrogen-bond acceptors (Lipinski definition) is 5. The Kier molecular flexibility index (Phi) is 9.15. The van der Waals surface area contributed by atoms with Gasteiger partial charge in [-0.25, -0.2) is 4.98 Å². The van der Waals surface area contributed by atoms with Crippen LogP contribution in [0.1, 0.15) is 57.6 Å². The highest BCUT2D eigenvalue weighted by molar-refractivity contribution is 8.01. The zero-order valence-corrected chi connectivity index (χ0v) is 17.5. The summed E-state index contributed by atoms with van der Waals surface area (Å²) in [5.41, 5.74) is 0.706. The summed E-state index contributed by atoms with van der Waals surface area (Å²) >= 11 is 6.17. The lowest BCUT2D eigenvalue weighted by Crippen LogP contribution is -2.39. The molecule has 4 nitrogen and oxygen atoms in total. The van der Waals surface area contributed by atoms with Crippen LogP contribution in [0.3, 0.4) is 0 Å². The number of thioether (sulfide) groups is 1. The molecule has 0 saturated carbocycles. The molecule has 0 spiro atoms. The summed E-state index contributed by atoms with van der Waals surface area (Å²) in [5, 5.41) is 9.88. The molecule has 6 heteroatoms. The van der Waals surface area contributed by atoms with Crippen LogP contribution in [0, 0.1) is 0 Å². The van der Waals surface area contributed by atoms with Crippen LogP contribution in [0.2, 0.25) is 0 Å². The fourth-order valence-electron chi connectivity index (χ4n) is 3.08. The van der Waals surface area contributed by atoms with E-state index >= 15 is 0 Å². The zero-order chi connectivity index (χ0) is 19.5. The van der Waals surface area contributed by atoms with E-state index in [0.717, 1.165) is 12.8 Å². The SMILES string of the molecule is CCCCCCCCC(S)(c1ccccn1)C(Sc1ccccn1)C(=O)O. The highest BCUT2D eigenvalue weighted by atomic mass is 32.2. The van der Waals surface area contributed by atoms with Crippen molar-refractivity contribution in [1.82, 2.24) is 9.97 Å². The highest BCUT2D eigenvalue weighted by Gasteiger charge is 2.43. The van der Waals surface area contributed by atoms with Gasteiger partial charge in [0.1, 0.15) is 5.25 Å². The number of carbonyl (C=O) groups is 1. The molecule has 27 heavy (non-hydrogen) atoms. The van der Waals surface area contributed by atoms with Gasteiger partial charge in [-0.3, -0.25) is 9.78 Å². The summed E-state index contributed by atoms with van der Waals surface area (Å²) in [7, 11) is 0. The van der Waals surface area contributed by atoms with Gasteiger partial charge < -0.3 is 5.11 Å². The topological polar surface area (TPSA) is 63.1 Å². The van der Waals surface area contributed by atoms with Crippen LogP contribution in [-0.2, 0) is 9.54 Å². The van der Waals surface area contributed by atoms with Gasteiger partial charge in [0.05, 0.1) is 15.5 Å². The summed E-state index contributed by atoms with van der Waals surface area (Å²) in [6.45, 7) is 2.20. The van der Waals surface area contributed by atoms with E-state index in [0.29, 0.717) is 17.1 Å². The summed E-state index contributed by atoms with van der Waals surface area (Å²) in [4.78, 5) is 20.9. The number of thiol groups is 1. The minimum absolute atomic E-state index is 0.663. The van der Waals surface area contributed by atoms with Crippen LogP contribution in [0.5, 0.6) is 0 Å². The average Bonchev–Trinajstić information content (AvgIpc) is 2.70. The number of unbranched alkanes of at least 4 members (excludes halogenated alkanes) is 5. The maximum Gasteiger partial charge on any atom is 0.318 e. The molecule has 146 valence electrons. The first-order valence-electron chi connectivity index (χ1n) is 9.52. The highest BCUT2D eigenvalue weighted by Crippen LogP contribution is 2.44. The van der Waals surface area contributed by atoms with Crippen LogP contribution in [-0.4, -0.2) is 26.3 Å². The van der Waals surface area contributed by atoms with Gasteiger partial charge in [0, 0.05) is 12.4 Å². The quantitative estimate of drug-likeness (QED) is 0.274. The molecule has 2 unspecified atom stereocenters. The number of carboxylic acid groups (broad SMARTS) is 1. The van der Waals surface area contributed by atoms with E-state index in [4.69, 9.17) is 12.6 Å². The molecular weight excluding hydrogens is 376 g/mol. The van der Waals surface area contributed by atoms with E-state index in [1.54, 1.807) is 12.4 Å². The Morgan fingerprint density at radius 3 is 2.33 bits per heavy atom. The molecule has 1 N–H and O–H groups in total. The third-order valence-electron chi connectivity index (χ3n) is 4.55. The molecule has 0 aliphatic rings. The lowest BCUT2D eigenvalue weighted by Gasteiger charge is -2.33. The van der Waals surface area contributed by atoms with E-state index in [1.165, 1.54) is 37.4 Å². The van der Waals surface area contributed by atoms with E-state index < -0.39 is 16.0 Å². The van der Waals surface area contributed by atoms with Crippen molar-refractivity contribution >= 4 is 30.4 Å². The Bertz CT molecular complexity index is 685. The summed E-state index contributed by atoms with van der Waals surface area (Å²) in [5.74, 6) is -0.891. The van der Waals surface area contributed by atoms with Crippen molar-refractivity contribution in [2.45, 2.75) is 66.9 Å². The molecule has 0 radical (unpaired) electrons. The van der Waals surface area contributed by atoms with Crippen molar-refractivity contribution in [1.29, 1.82) is 0 Å². The molecule has 0 aromatic carbocycles. The molecule has 2 rings (SSSR count). The first kappa shape index (κ1) is 21.8. The van der Waals surface area contributed by atoms with Crippen molar-refractivity contribution in [3.8, 4) is 0 Å². The minimum Gasteiger partial charge on any atom is -0.480 e. The number of hydrogen-bond donors (Lipinski definition) is 2. The normalized spacial score (nSPS) is 14.4. The summed E-state index contributed by atoms with van der Waals surface area (Å²) in [6, 6.07) is 11.1. The Morgan fingerprint density at radius 2 is 1.74 bits per heavy atom. The predicted molar refractivity (Wildman–Crippen MR) is 114 cm³/mol. The Hall–Kier alpha value is -1.53. The first-order chi connectivity index (χ1) is 13.1. The number of rotatable bonds is 12. The fraction of sp³-hybridized carbons (Fsp3) is 0.476. The van der Waals surface area contributed by atoms with E-state index in [1.807, 2.05) is 36.4 Å². The lowest BCUT2D eigenvalue weighted by atomic mass is 9.91. The summed E-state index contributed by atoms with van der Waals surface area (Å²) < 4.78 is -0.861. The Morgan fingerprint density at radius 1 is 1.07 bits per heavy atom. The second-order valence-electron chi connectivity index (χ2n) is 6.66. The van der Waals surface area contributed by atoms with Crippen LogP contribution < -0.4 is 0 Å². The Labute approximate surface area is 171 Å². The molecular formula is C21H28N2O2S2. The molecule has 0 fully saturated rings. The lowest BCUT2D eigenvalue weighted by molar-refractivity contribution is -0.137. The Balaban J connectivity index is 2.19. The molecule has 0 aliphatic carbocycles. The predicted octanol–water partition coefficient (Wildman–Crippen LogP) is 5.60. The maximum absolute atomic E-state index is 12.2. The molecule has 2 atom stereocenters. The van der Waals surface area contributed by atoms with Gasteiger partial charge in [0.2, 0.25) is 0 Å². The standard InChI is InChI=1S/C21H28N2O2S2/c1-2-3-4-5-6-9-14-21(26,17-12-7-10-15-22-17)19(20(24)25)27-18-13-8-11-16-23-18/h7-8,10-13,15-16,19,26H,2-6,9,14H2,1H3,(H,24,25). The number of aliphatic carboxylic acids is 1. The van der Waals surface area contributed by atoms with Crippen molar-refractivity contribution in [3.63, 3.8) is 0 Å². The molecule has 2 aromatic rings. The molecule has 0 bridgehead atoms. The second kappa shape index (κ2) is 11.3. The van der Waals surface area contributed by atoms with Gasteiger partial charge in [-0.15, -0.1) is 0 Å². The number of pyridine rings is 2.